The molecule has 0 aliphatic carbocycles. The molecule has 0 radical (unpaired) electrons. The highest BCUT2D eigenvalue weighted by molar-refractivity contribution is 7.91. The lowest BCUT2D eigenvalue weighted by molar-refractivity contribution is -0.122. The monoisotopic (exact) mass is 234 g/mol. The number of likely N-dealkylation sites (N-methyl/N-ethyl adjacent to an activating group) is 1. The number of hydrogen-bond donors (Lipinski definition) is 2. The molecule has 0 saturated carbocycles. The van der Waals surface area contributed by atoms with Gasteiger partial charge in [-0.05, 0) is 26.3 Å². The van der Waals surface area contributed by atoms with Crippen molar-refractivity contribution in [3.63, 3.8) is 0 Å². The molecule has 1 saturated heterocycles. The molecular formula is C9H18N2O3S. The molecule has 0 aromatic carbocycles. The molecule has 2 N–H and O–H groups in total. The van der Waals surface area contributed by atoms with Crippen molar-refractivity contribution in [3.05, 3.63) is 0 Å². The van der Waals surface area contributed by atoms with Gasteiger partial charge in [-0.15, -0.1) is 0 Å². The van der Waals surface area contributed by atoms with Crippen LogP contribution in [0, 0.1) is 5.92 Å². The number of carbonyl (C=O) groups excluding carboxylic acids is 1. The van der Waals surface area contributed by atoms with Crippen molar-refractivity contribution in [3.8, 4) is 0 Å². The largest absolute Gasteiger partial charge is 0.354 e. The first-order chi connectivity index (χ1) is 6.94. The van der Waals surface area contributed by atoms with Crippen LogP contribution in [0.15, 0.2) is 0 Å². The van der Waals surface area contributed by atoms with Gasteiger partial charge in [0.2, 0.25) is 5.91 Å². The summed E-state index contributed by atoms with van der Waals surface area (Å²) in [5.74, 6) is 0.473. The van der Waals surface area contributed by atoms with Gasteiger partial charge in [-0.1, -0.05) is 0 Å². The van der Waals surface area contributed by atoms with E-state index in [9.17, 15) is 13.2 Å². The summed E-state index contributed by atoms with van der Waals surface area (Å²) in [5.41, 5.74) is 0. The van der Waals surface area contributed by atoms with Crippen LogP contribution in [0.3, 0.4) is 0 Å². The van der Waals surface area contributed by atoms with Crippen molar-refractivity contribution in [1.82, 2.24) is 10.6 Å². The SMILES string of the molecule is CNC(C)C(=O)NCC1CCS(=O)(=O)C1. The van der Waals surface area contributed by atoms with Crippen LogP contribution in [0.1, 0.15) is 13.3 Å². The molecule has 1 aliphatic heterocycles. The zero-order valence-electron chi connectivity index (χ0n) is 9.12. The lowest BCUT2D eigenvalue weighted by Gasteiger charge is -2.13. The predicted molar refractivity (Wildman–Crippen MR) is 58.3 cm³/mol. The first kappa shape index (κ1) is 12.4. The summed E-state index contributed by atoms with van der Waals surface area (Å²) in [7, 11) is -1.12. The molecule has 1 rings (SSSR count). The third kappa shape index (κ3) is 3.79. The van der Waals surface area contributed by atoms with Crippen LogP contribution in [0.2, 0.25) is 0 Å². The Hall–Kier alpha value is -0.620. The topological polar surface area (TPSA) is 75.3 Å². The van der Waals surface area contributed by atoms with Crippen LogP contribution in [-0.2, 0) is 14.6 Å². The number of nitrogens with one attached hydrogen (secondary N) is 2. The molecule has 0 spiro atoms. The zero-order valence-corrected chi connectivity index (χ0v) is 9.93. The summed E-state index contributed by atoms with van der Waals surface area (Å²) >= 11 is 0. The lowest BCUT2D eigenvalue weighted by Crippen LogP contribution is -2.42. The van der Waals surface area contributed by atoms with Crippen LogP contribution in [0.25, 0.3) is 0 Å². The van der Waals surface area contributed by atoms with E-state index in [1.165, 1.54) is 0 Å². The van der Waals surface area contributed by atoms with Gasteiger partial charge in [0.1, 0.15) is 0 Å². The van der Waals surface area contributed by atoms with Gasteiger partial charge in [-0.3, -0.25) is 4.79 Å². The van der Waals surface area contributed by atoms with Gasteiger partial charge in [0, 0.05) is 6.54 Å². The Balaban J connectivity index is 2.30. The molecule has 0 aromatic rings. The maximum absolute atomic E-state index is 11.4. The van der Waals surface area contributed by atoms with Crippen LogP contribution in [0.4, 0.5) is 0 Å². The highest BCUT2D eigenvalue weighted by Gasteiger charge is 2.28. The van der Waals surface area contributed by atoms with E-state index in [2.05, 4.69) is 10.6 Å². The Morgan fingerprint density at radius 1 is 1.53 bits per heavy atom. The minimum absolute atomic E-state index is 0.0817. The van der Waals surface area contributed by atoms with E-state index in [4.69, 9.17) is 0 Å². The van der Waals surface area contributed by atoms with Crippen LogP contribution in [0.5, 0.6) is 0 Å². The van der Waals surface area contributed by atoms with E-state index in [1.54, 1.807) is 14.0 Å². The third-order valence-corrected chi connectivity index (χ3v) is 4.55. The second-order valence-electron chi connectivity index (χ2n) is 4.02. The highest BCUT2D eigenvalue weighted by atomic mass is 32.2. The minimum atomic E-state index is -2.84. The van der Waals surface area contributed by atoms with Crippen molar-refractivity contribution in [2.24, 2.45) is 5.92 Å². The lowest BCUT2D eigenvalue weighted by atomic mass is 10.1. The summed E-state index contributed by atoms with van der Waals surface area (Å²) in [5, 5.41) is 5.57. The van der Waals surface area contributed by atoms with Gasteiger partial charge in [0.25, 0.3) is 0 Å². The molecule has 1 amide bonds. The fourth-order valence-corrected chi connectivity index (χ4v) is 3.42. The maximum Gasteiger partial charge on any atom is 0.236 e. The zero-order chi connectivity index (χ0) is 11.5. The Bertz CT molecular complexity index is 326. The van der Waals surface area contributed by atoms with Crippen molar-refractivity contribution >= 4 is 15.7 Å². The summed E-state index contributed by atoms with van der Waals surface area (Å²) in [4.78, 5) is 11.4. The first-order valence-corrected chi connectivity index (χ1v) is 6.92. The molecular weight excluding hydrogens is 216 g/mol. The van der Waals surface area contributed by atoms with Gasteiger partial charge >= 0.3 is 0 Å². The molecule has 1 aliphatic rings. The van der Waals surface area contributed by atoms with E-state index < -0.39 is 9.84 Å². The van der Waals surface area contributed by atoms with Gasteiger partial charge in [0.05, 0.1) is 17.5 Å². The van der Waals surface area contributed by atoms with Gasteiger partial charge in [-0.2, -0.15) is 0 Å². The molecule has 15 heavy (non-hydrogen) atoms. The Morgan fingerprint density at radius 2 is 2.20 bits per heavy atom. The van der Waals surface area contributed by atoms with E-state index in [-0.39, 0.29) is 29.4 Å². The van der Waals surface area contributed by atoms with Crippen LogP contribution >= 0.6 is 0 Å². The first-order valence-electron chi connectivity index (χ1n) is 5.10. The second-order valence-corrected chi connectivity index (χ2v) is 6.25. The Kier molecular flexibility index (Phi) is 4.10. The average Bonchev–Trinajstić information content (AvgIpc) is 2.53. The fourth-order valence-electron chi connectivity index (χ4n) is 1.56. The predicted octanol–water partition coefficient (Wildman–Crippen LogP) is -0.855. The standard InChI is InChI=1S/C9H18N2O3S/c1-7(10-2)9(12)11-5-8-3-4-15(13,14)6-8/h7-8,10H,3-6H2,1-2H3,(H,11,12). The van der Waals surface area contributed by atoms with Crippen molar-refractivity contribution in [1.29, 1.82) is 0 Å². The Labute approximate surface area is 90.5 Å². The summed E-state index contributed by atoms with van der Waals surface area (Å²) in [6.07, 6.45) is 0.663. The maximum atomic E-state index is 11.4. The summed E-state index contributed by atoms with van der Waals surface area (Å²) < 4.78 is 22.3. The number of amides is 1. The molecule has 5 nitrogen and oxygen atoms in total. The van der Waals surface area contributed by atoms with E-state index in [0.29, 0.717) is 13.0 Å². The molecule has 6 heteroatoms. The highest BCUT2D eigenvalue weighted by Crippen LogP contribution is 2.17. The van der Waals surface area contributed by atoms with Crippen LogP contribution < -0.4 is 10.6 Å². The third-order valence-electron chi connectivity index (χ3n) is 2.72. The smallest absolute Gasteiger partial charge is 0.236 e. The summed E-state index contributed by atoms with van der Waals surface area (Å²) in [6, 6.07) is -0.233. The minimum Gasteiger partial charge on any atom is -0.354 e. The van der Waals surface area contributed by atoms with Crippen molar-refractivity contribution < 1.29 is 13.2 Å². The van der Waals surface area contributed by atoms with Crippen molar-refractivity contribution in [2.45, 2.75) is 19.4 Å². The van der Waals surface area contributed by atoms with Gasteiger partial charge < -0.3 is 10.6 Å². The number of hydrogen-bond acceptors (Lipinski definition) is 4. The van der Waals surface area contributed by atoms with Crippen LogP contribution in [-0.4, -0.2) is 45.5 Å². The normalized spacial score (nSPS) is 26.1. The van der Waals surface area contributed by atoms with E-state index in [1.807, 2.05) is 0 Å². The molecule has 0 bridgehead atoms. The molecule has 0 aromatic heterocycles. The van der Waals surface area contributed by atoms with E-state index in [0.717, 1.165) is 0 Å². The molecule has 88 valence electrons. The molecule has 2 unspecified atom stereocenters. The second kappa shape index (κ2) is 4.94. The quantitative estimate of drug-likeness (QED) is 0.664. The number of carbonyl (C=O) groups is 1. The average molecular weight is 234 g/mol. The molecule has 1 fully saturated rings. The Morgan fingerprint density at radius 3 is 2.67 bits per heavy atom. The molecule has 1 heterocycles. The van der Waals surface area contributed by atoms with Crippen molar-refractivity contribution in [2.75, 3.05) is 25.1 Å². The van der Waals surface area contributed by atoms with E-state index >= 15 is 0 Å². The summed E-state index contributed by atoms with van der Waals surface area (Å²) in [6.45, 7) is 2.23. The fraction of sp³-hybridized carbons (Fsp3) is 0.889. The number of sulfone groups is 1. The number of rotatable bonds is 4. The molecule has 2 atom stereocenters. The van der Waals surface area contributed by atoms with Gasteiger partial charge in [-0.25, -0.2) is 8.42 Å². The van der Waals surface area contributed by atoms with Gasteiger partial charge in [0.15, 0.2) is 9.84 Å².